The molecule has 1 heterocycles. The summed E-state index contributed by atoms with van der Waals surface area (Å²) in [5, 5.41) is 0.924. The largest absolute Gasteiger partial charge is 0.395 e. The number of H-pyrrole nitrogens is 1. The Hall–Kier alpha value is -2.17. The third kappa shape index (κ3) is 1.24. The van der Waals surface area contributed by atoms with Gasteiger partial charge in [-0.25, -0.2) is 0 Å². The topological polar surface area (TPSA) is 106 Å². The molecule has 0 bridgehead atoms. The van der Waals surface area contributed by atoms with Gasteiger partial charge in [0.2, 0.25) is 0 Å². The van der Waals surface area contributed by atoms with Crippen LogP contribution in [0.15, 0.2) is 29.3 Å². The van der Waals surface area contributed by atoms with Crippen LogP contribution in [-0.2, 0) is 0 Å². The molecule has 1 aromatic heterocycles. The third-order valence-corrected chi connectivity index (χ3v) is 1.97. The highest BCUT2D eigenvalue weighted by Crippen LogP contribution is 2.30. The second-order valence-corrected chi connectivity index (χ2v) is 2.97. The number of nitrogen functional groups attached to an aromatic ring is 1. The Morgan fingerprint density at radius 3 is 2.57 bits per heavy atom. The number of aromatic nitrogens is 1. The van der Waals surface area contributed by atoms with Crippen LogP contribution in [0, 0.1) is 0 Å². The molecular weight excluding hydrogens is 178 g/mol. The number of aliphatic imine (C=N–C) groups is 1. The summed E-state index contributed by atoms with van der Waals surface area (Å²) in [6.45, 7) is 0. The molecule has 0 fully saturated rings. The van der Waals surface area contributed by atoms with Gasteiger partial charge in [-0.15, -0.1) is 0 Å². The normalized spacial score (nSPS) is 10.3. The zero-order valence-electron chi connectivity index (χ0n) is 7.49. The zero-order chi connectivity index (χ0) is 10.1. The quantitative estimate of drug-likeness (QED) is 0.391. The summed E-state index contributed by atoms with van der Waals surface area (Å²) in [5.41, 5.74) is 17.9. The molecule has 72 valence electrons. The minimum Gasteiger partial charge on any atom is -0.395 e. The highest BCUT2D eigenvalue weighted by atomic mass is 15.0. The Bertz CT molecular complexity index is 493. The van der Waals surface area contributed by atoms with E-state index in [0.717, 1.165) is 10.9 Å². The molecule has 0 aliphatic heterocycles. The van der Waals surface area contributed by atoms with Crippen LogP contribution in [-0.4, -0.2) is 10.9 Å². The van der Waals surface area contributed by atoms with Crippen molar-refractivity contribution in [3.05, 3.63) is 24.3 Å². The van der Waals surface area contributed by atoms with Crippen molar-refractivity contribution >= 4 is 28.4 Å². The third-order valence-electron chi connectivity index (χ3n) is 1.97. The van der Waals surface area contributed by atoms with Crippen molar-refractivity contribution in [1.82, 2.24) is 4.98 Å². The maximum absolute atomic E-state index is 5.84. The first-order valence-electron chi connectivity index (χ1n) is 4.14. The Morgan fingerprint density at radius 2 is 1.93 bits per heavy atom. The second kappa shape index (κ2) is 2.95. The summed E-state index contributed by atoms with van der Waals surface area (Å²) in [6.07, 6.45) is 0. The van der Waals surface area contributed by atoms with Gasteiger partial charge in [-0.1, -0.05) is 18.2 Å². The fourth-order valence-electron chi connectivity index (χ4n) is 1.37. The predicted octanol–water partition coefficient (Wildman–Crippen LogP) is 0.655. The Kier molecular flexibility index (Phi) is 1.78. The number of nitrogens with one attached hydrogen (secondary N) is 1. The van der Waals surface area contributed by atoms with Gasteiger partial charge in [0, 0.05) is 10.9 Å². The smallest absolute Gasteiger partial charge is 0.192 e. The lowest BCUT2D eigenvalue weighted by Gasteiger charge is -1.92. The fraction of sp³-hybridized carbons (Fsp3) is 0. The van der Waals surface area contributed by atoms with Gasteiger partial charge in [0.05, 0.1) is 5.69 Å². The summed E-state index contributed by atoms with van der Waals surface area (Å²) in [4.78, 5) is 6.91. The van der Waals surface area contributed by atoms with Crippen molar-refractivity contribution in [2.75, 3.05) is 5.73 Å². The molecule has 14 heavy (non-hydrogen) atoms. The van der Waals surface area contributed by atoms with Gasteiger partial charge in [-0.2, -0.15) is 4.99 Å². The minimum absolute atomic E-state index is 0.0109. The average Bonchev–Trinajstić information content (AvgIpc) is 2.44. The van der Waals surface area contributed by atoms with Gasteiger partial charge in [0.15, 0.2) is 11.8 Å². The van der Waals surface area contributed by atoms with Crippen molar-refractivity contribution in [2.45, 2.75) is 0 Å². The molecule has 0 amide bonds. The summed E-state index contributed by atoms with van der Waals surface area (Å²) in [5.74, 6) is 0.495. The van der Waals surface area contributed by atoms with E-state index in [2.05, 4.69) is 9.98 Å². The number of para-hydroxylation sites is 1. The molecule has 0 radical (unpaired) electrons. The number of rotatable bonds is 1. The highest BCUT2D eigenvalue weighted by molar-refractivity contribution is 5.98. The Balaban J connectivity index is 2.69. The van der Waals surface area contributed by atoms with Gasteiger partial charge >= 0.3 is 0 Å². The van der Waals surface area contributed by atoms with Crippen molar-refractivity contribution < 1.29 is 0 Å². The number of anilines is 1. The van der Waals surface area contributed by atoms with Crippen molar-refractivity contribution in [1.29, 1.82) is 0 Å². The number of nitrogens with two attached hydrogens (primary N) is 3. The molecule has 0 spiro atoms. The summed E-state index contributed by atoms with van der Waals surface area (Å²) >= 11 is 0. The molecular formula is C9H11N5. The predicted molar refractivity (Wildman–Crippen MR) is 58.2 cm³/mol. The van der Waals surface area contributed by atoms with Crippen LogP contribution in [0.2, 0.25) is 0 Å². The fourth-order valence-corrected chi connectivity index (χ4v) is 1.37. The highest BCUT2D eigenvalue weighted by Gasteiger charge is 2.06. The Labute approximate surface area is 80.6 Å². The van der Waals surface area contributed by atoms with Crippen LogP contribution in [0.5, 0.6) is 0 Å². The van der Waals surface area contributed by atoms with Crippen LogP contribution in [0.25, 0.3) is 10.9 Å². The van der Waals surface area contributed by atoms with Crippen LogP contribution in [0.3, 0.4) is 0 Å². The molecule has 2 rings (SSSR count). The number of fused-ring (bicyclic) bond motifs is 1. The molecule has 0 saturated carbocycles. The number of hydrogen-bond acceptors (Lipinski definition) is 2. The van der Waals surface area contributed by atoms with Gasteiger partial charge < -0.3 is 22.2 Å². The molecule has 1 aromatic carbocycles. The van der Waals surface area contributed by atoms with Gasteiger partial charge in [-0.05, 0) is 6.07 Å². The standard InChI is InChI=1S/C9H11N5/c10-7-5-3-1-2-4-6(5)13-8(7)14-9(11)12/h1-4,13H,10H2,(H4,11,12,14). The minimum atomic E-state index is -0.0109. The SMILES string of the molecule is NC(N)=Nc1[nH]c2ccccc2c1N. The van der Waals surface area contributed by atoms with E-state index in [1.54, 1.807) is 0 Å². The van der Waals surface area contributed by atoms with Gasteiger partial charge in [0.25, 0.3) is 0 Å². The van der Waals surface area contributed by atoms with E-state index in [-0.39, 0.29) is 5.96 Å². The first-order chi connectivity index (χ1) is 6.68. The number of nitrogens with zero attached hydrogens (tertiary/aromatic N) is 1. The van der Waals surface area contributed by atoms with Crippen LogP contribution in [0.1, 0.15) is 0 Å². The van der Waals surface area contributed by atoms with Gasteiger partial charge in [-0.3, -0.25) is 0 Å². The van der Waals surface area contributed by atoms with E-state index < -0.39 is 0 Å². The van der Waals surface area contributed by atoms with Gasteiger partial charge in [0.1, 0.15) is 0 Å². The number of hydrogen-bond donors (Lipinski definition) is 4. The van der Waals surface area contributed by atoms with Crippen LogP contribution >= 0.6 is 0 Å². The number of benzene rings is 1. The molecule has 5 nitrogen and oxygen atoms in total. The molecule has 0 aliphatic carbocycles. The molecule has 5 heteroatoms. The summed E-state index contributed by atoms with van der Waals surface area (Å²) in [7, 11) is 0. The number of aromatic amines is 1. The van der Waals surface area contributed by atoms with E-state index in [0.29, 0.717) is 11.5 Å². The molecule has 7 N–H and O–H groups in total. The second-order valence-electron chi connectivity index (χ2n) is 2.97. The van der Waals surface area contributed by atoms with E-state index in [1.165, 1.54) is 0 Å². The number of guanidine groups is 1. The Morgan fingerprint density at radius 1 is 1.21 bits per heavy atom. The van der Waals surface area contributed by atoms with E-state index in [1.807, 2.05) is 24.3 Å². The van der Waals surface area contributed by atoms with Crippen LogP contribution < -0.4 is 17.2 Å². The summed E-state index contributed by atoms with van der Waals surface area (Å²) in [6, 6.07) is 7.65. The molecule has 0 aliphatic rings. The van der Waals surface area contributed by atoms with Crippen LogP contribution in [0.4, 0.5) is 11.5 Å². The van der Waals surface area contributed by atoms with Crippen molar-refractivity contribution in [2.24, 2.45) is 16.5 Å². The molecule has 0 saturated heterocycles. The lowest BCUT2D eigenvalue weighted by Crippen LogP contribution is -2.22. The molecule has 0 unspecified atom stereocenters. The first-order valence-corrected chi connectivity index (χ1v) is 4.14. The van der Waals surface area contributed by atoms with E-state index >= 15 is 0 Å². The van der Waals surface area contributed by atoms with Crippen molar-refractivity contribution in [3.63, 3.8) is 0 Å². The average molecular weight is 189 g/mol. The zero-order valence-corrected chi connectivity index (χ0v) is 7.49. The summed E-state index contributed by atoms with van der Waals surface area (Å²) < 4.78 is 0. The first kappa shape index (κ1) is 8.43. The molecule has 0 atom stereocenters. The lowest BCUT2D eigenvalue weighted by molar-refractivity contribution is 1.34. The lowest BCUT2D eigenvalue weighted by atomic mass is 10.2. The van der Waals surface area contributed by atoms with E-state index in [4.69, 9.17) is 17.2 Å². The monoisotopic (exact) mass is 189 g/mol. The van der Waals surface area contributed by atoms with E-state index in [9.17, 15) is 0 Å². The maximum Gasteiger partial charge on any atom is 0.192 e. The van der Waals surface area contributed by atoms with Crippen molar-refractivity contribution in [3.8, 4) is 0 Å². The maximum atomic E-state index is 5.84. The molecule has 2 aromatic rings.